The first-order valence-electron chi connectivity index (χ1n) is 3.77. The number of aliphatic imine (C=N–C) groups is 1. The summed E-state index contributed by atoms with van der Waals surface area (Å²) < 4.78 is 0. The molecule has 4 nitrogen and oxygen atoms in total. The molecule has 0 aliphatic carbocycles. The molecule has 0 aromatic carbocycles. The van der Waals surface area contributed by atoms with Crippen LogP contribution in [0.15, 0.2) is 4.99 Å². The fraction of sp³-hybridized carbons (Fsp3) is 0.857. The number of hydroxylamine groups is 1. The Balaban J connectivity index is 3.59. The minimum absolute atomic E-state index is 0.107. The number of nitrogens with zero attached hydrogens (tertiary/aromatic N) is 1. The van der Waals surface area contributed by atoms with E-state index in [1.165, 1.54) is 0 Å². The molecule has 0 saturated carbocycles. The molecule has 0 radical (unpaired) electrons. The molecule has 0 aromatic rings. The van der Waals surface area contributed by atoms with Crippen molar-refractivity contribution in [3.8, 4) is 0 Å². The molecule has 0 rings (SSSR count). The van der Waals surface area contributed by atoms with E-state index in [0.29, 0.717) is 5.96 Å². The molecule has 0 aliphatic rings. The van der Waals surface area contributed by atoms with Crippen LogP contribution in [0, 0.1) is 0 Å². The molecule has 3 N–H and O–H groups in total. The molecule has 66 valence electrons. The van der Waals surface area contributed by atoms with Crippen LogP contribution in [0.25, 0.3) is 0 Å². The highest BCUT2D eigenvalue weighted by Crippen LogP contribution is 1.85. The number of guanidine groups is 1. The summed E-state index contributed by atoms with van der Waals surface area (Å²) in [7, 11) is 0. The largest absolute Gasteiger partial charge is 0.368 e. The Hall–Kier alpha value is -0.770. The van der Waals surface area contributed by atoms with Gasteiger partial charge in [0, 0.05) is 6.04 Å². The van der Waals surface area contributed by atoms with Gasteiger partial charge in [-0.1, -0.05) is 0 Å². The van der Waals surface area contributed by atoms with E-state index in [4.69, 9.17) is 10.6 Å². The van der Waals surface area contributed by atoms with Gasteiger partial charge in [-0.2, -0.15) is 0 Å². The third-order valence-electron chi connectivity index (χ3n) is 0.796. The Kier molecular flexibility index (Phi) is 4.61. The number of nitrogens with two attached hydrogens (primary N) is 1. The van der Waals surface area contributed by atoms with Gasteiger partial charge in [-0.15, -0.1) is 0 Å². The lowest BCUT2D eigenvalue weighted by atomic mass is 10.4. The van der Waals surface area contributed by atoms with E-state index < -0.39 is 0 Å². The van der Waals surface area contributed by atoms with Crippen molar-refractivity contribution in [2.45, 2.75) is 39.8 Å². The van der Waals surface area contributed by atoms with Crippen LogP contribution >= 0.6 is 0 Å². The lowest BCUT2D eigenvalue weighted by Crippen LogP contribution is -2.34. The van der Waals surface area contributed by atoms with Crippen molar-refractivity contribution in [2.24, 2.45) is 10.7 Å². The maximum absolute atomic E-state index is 5.44. The van der Waals surface area contributed by atoms with Gasteiger partial charge in [-0.05, 0) is 27.7 Å². The van der Waals surface area contributed by atoms with Gasteiger partial charge < -0.3 is 5.73 Å². The fourth-order valence-electron chi connectivity index (χ4n) is 0.483. The van der Waals surface area contributed by atoms with Crippen molar-refractivity contribution in [2.75, 3.05) is 0 Å². The van der Waals surface area contributed by atoms with E-state index >= 15 is 0 Å². The summed E-state index contributed by atoms with van der Waals surface area (Å²) >= 11 is 0. The van der Waals surface area contributed by atoms with Crippen LogP contribution < -0.4 is 11.2 Å². The van der Waals surface area contributed by atoms with E-state index in [1.807, 2.05) is 27.7 Å². The number of hydrogen-bond donors (Lipinski definition) is 2. The first kappa shape index (κ1) is 10.2. The van der Waals surface area contributed by atoms with E-state index in [2.05, 4.69) is 10.5 Å². The number of rotatable bonds is 3. The second kappa shape index (κ2) is 4.96. The van der Waals surface area contributed by atoms with Gasteiger partial charge in [0.2, 0.25) is 5.96 Å². The van der Waals surface area contributed by atoms with Crippen LogP contribution in [0.2, 0.25) is 0 Å². The van der Waals surface area contributed by atoms with Crippen molar-refractivity contribution < 1.29 is 4.84 Å². The molecule has 0 aliphatic heterocycles. The highest BCUT2D eigenvalue weighted by molar-refractivity contribution is 5.76. The summed E-state index contributed by atoms with van der Waals surface area (Å²) in [6.45, 7) is 7.72. The summed E-state index contributed by atoms with van der Waals surface area (Å²) in [5, 5.41) is 0. The van der Waals surface area contributed by atoms with E-state index in [0.717, 1.165) is 0 Å². The molecular formula is C7H17N3O. The second-order valence-corrected chi connectivity index (χ2v) is 2.88. The zero-order valence-electron chi connectivity index (χ0n) is 7.59. The van der Waals surface area contributed by atoms with Gasteiger partial charge in [-0.3, -0.25) is 4.84 Å². The summed E-state index contributed by atoms with van der Waals surface area (Å²) in [4.78, 5) is 9.01. The molecule has 4 heteroatoms. The van der Waals surface area contributed by atoms with E-state index in [9.17, 15) is 0 Å². The molecule has 0 heterocycles. The summed E-state index contributed by atoms with van der Waals surface area (Å²) in [6.07, 6.45) is 0.107. The second-order valence-electron chi connectivity index (χ2n) is 2.88. The molecule has 0 aromatic heterocycles. The van der Waals surface area contributed by atoms with Crippen LogP contribution in [-0.4, -0.2) is 18.1 Å². The third kappa shape index (κ3) is 7.12. The van der Waals surface area contributed by atoms with Crippen LogP contribution in [0.4, 0.5) is 0 Å². The van der Waals surface area contributed by atoms with Crippen molar-refractivity contribution in [3.63, 3.8) is 0 Å². The summed E-state index contributed by atoms with van der Waals surface area (Å²) in [5.74, 6) is 0.327. The third-order valence-corrected chi connectivity index (χ3v) is 0.796. The minimum atomic E-state index is 0.107. The van der Waals surface area contributed by atoms with Crippen molar-refractivity contribution in [3.05, 3.63) is 0 Å². The zero-order chi connectivity index (χ0) is 8.85. The molecule has 0 amide bonds. The topological polar surface area (TPSA) is 59.6 Å². The van der Waals surface area contributed by atoms with Crippen LogP contribution in [0.3, 0.4) is 0 Å². The van der Waals surface area contributed by atoms with Crippen molar-refractivity contribution >= 4 is 5.96 Å². The average Bonchev–Trinajstić information content (AvgIpc) is 1.82. The lowest BCUT2D eigenvalue weighted by molar-refractivity contribution is 0.0322. The van der Waals surface area contributed by atoms with Gasteiger partial charge in [-0.25, -0.2) is 10.5 Å². The van der Waals surface area contributed by atoms with Crippen molar-refractivity contribution in [1.82, 2.24) is 5.48 Å². The maximum Gasteiger partial charge on any atom is 0.213 e. The van der Waals surface area contributed by atoms with Gasteiger partial charge in [0.25, 0.3) is 0 Å². The predicted molar refractivity (Wildman–Crippen MR) is 46.1 cm³/mol. The van der Waals surface area contributed by atoms with Crippen LogP contribution in [0.1, 0.15) is 27.7 Å². The summed E-state index contributed by atoms with van der Waals surface area (Å²) in [5.41, 5.74) is 7.98. The monoisotopic (exact) mass is 159 g/mol. The molecule has 0 saturated heterocycles. The fourth-order valence-corrected chi connectivity index (χ4v) is 0.483. The van der Waals surface area contributed by atoms with Gasteiger partial charge in [0.05, 0.1) is 6.10 Å². The Morgan fingerprint density at radius 2 is 1.91 bits per heavy atom. The SMILES string of the molecule is CC(C)N=C(N)NOC(C)C. The standard InChI is InChI=1S/C7H17N3O/c1-5(2)9-7(8)10-11-6(3)4/h5-6H,1-4H3,(H3,8,9,10). The highest BCUT2D eigenvalue weighted by Gasteiger charge is 1.95. The number of nitrogens with one attached hydrogen (secondary N) is 1. The molecule has 0 bridgehead atoms. The summed E-state index contributed by atoms with van der Waals surface area (Å²) in [6, 6.07) is 0.193. The van der Waals surface area contributed by atoms with Crippen LogP contribution in [-0.2, 0) is 4.84 Å². The molecule has 0 atom stereocenters. The molecule has 0 fully saturated rings. The first-order valence-corrected chi connectivity index (χ1v) is 3.77. The van der Waals surface area contributed by atoms with Gasteiger partial charge in [0.1, 0.15) is 0 Å². The minimum Gasteiger partial charge on any atom is -0.368 e. The Morgan fingerprint density at radius 1 is 1.36 bits per heavy atom. The smallest absolute Gasteiger partial charge is 0.213 e. The zero-order valence-corrected chi connectivity index (χ0v) is 7.59. The molecule has 11 heavy (non-hydrogen) atoms. The predicted octanol–water partition coefficient (Wildman–Crippen LogP) is 0.639. The van der Waals surface area contributed by atoms with E-state index in [-0.39, 0.29) is 12.1 Å². The Morgan fingerprint density at radius 3 is 2.27 bits per heavy atom. The Bertz CT molecular complexity index is 132. The normalized spacial score (nSPS) is 12.7. The highest BCUT2D eigenvalue weighted by atomic mass is 16.7. The molecular weight excluding hydrogens is 142 g/mol. The lowest BCUT2D eigenvalue weighted by Gasteiger charge is -2.09. The quantitative estimate of drug-likeness (QED) is 0.361. The molecule has 0 unspecified atom stereocenters. The number of hydrogen-bond acceptors (Lipinski definition) is 2. The first-order chi connectivity index (χ1) is 5.02. The van der Waals surface area contributed by atoms with Crippen LogP contribution in [0.5, 0.6) is 0 Å². The van der Waals surface area contributed by atoms with E-state index in [1.54, 1.807) is 0 Å². The van der Waals surface area contributed by atoms with Crippen molar-refractivity contribution in [1.29, 1.82) is 0 Å². The van der Waals surface area contributed by atoms with Gasteiger partial charge >= 0.3 is 0 Å². The maximum atomic E-state index is 5.44. The van der Waals surface area contributed by atoms with Gasteiger partial charge in [0.15, 0.2) is 0 Å². The average molecular weight is 159 g/mol. The Labute approximate surface area is 67.8 Å². The molecule has 0 spiro atoms.